The molecular weight excluding hydrogens is 817 g/mol. The molecule has 2 amide bonds. The third kappa shape index (κ3) is 6.66. The van der Waals surface area contributed by atoms with Gasteiger partial charge in [0.05, 0.1) is 6.54 Å². The van der Waals surface area contributed by atoms with Crippen LogP contribution in [0, 0.1) is 0 Å². The van der Waals surface area contributed by atoms with Crippen molar-refractivity contribution in [2.75, 3.05) is 0 Å². The number of carbonyl (C=O) groups excluding carboxylic acids is 2. The molecule has 3 heterocycles. The van der Waals surface area contributed by atoms with E-state index in [9.17, 15) is 9.59 Å². The topological polar surface area (TPSA) is 108 Å². The fourth-order valence-electron chi connectivity index (χ4n) is 11.1. The number of nitrogens with zero attached hydrogens (tertiary/aromatic N) is 1. The zero-order chi connectivity index (χ0) is 41.3. The summed E-state index contributed by atoms with van der Waals surface area (Å²) >= 11 is 0. The Morgan fingerprint density at radius 1 is 0.435 bits per heavy atom. The van der Waals surface area contributed by atoms with Gasteiger partial charge in [-0.2, -0.15) is 0 Å². The van der Waals surface area contributed by atoms with Crippen LogP contribution in [0.2, 0.25) is 0 Å². The van der Waals surface area contributed by atoms with Crippen molar-refractivity contribution >= 4 is 72.2 Å². The predicted molar refractivity (Wildman–Crippen MR) is 242 cm³/mol. The van der Waals surface area contributed by atoms with E-state index in [0.717, 1.165) is 130 Å². The van der Waals surface area contributed by atoms with Crippen molar-refractivity contribution in [2.24, 2.45) is 0 Å². The van der Waals surface area contributed by atoms with Crippen LogP contribution in [-0.2, 0) is 67.5 Å². The molecular formula is C51H49NO8P2. The average molecular weight is 866 g/mol. The third-order valence-electron chi connectivity index (χ3n) is 14.0. The Labute approximate surface area is 361 Å². The molecule has 11 heteroatoms. The highest BCUT2D eigenvalue weighted by Gasteiger charge is 2.52. The summed E-state index contributed by atoms with van der Waals surface area (Å²) in [6, 6.07) is 26.4. The molecule has 1 fully saturated rings. The summed E-state index contributed by atoms with van der Waals surface area (Å²) in [6.45, 7) is 0.0609. The van der Waals surface area contributed by atoms with E-state index in [-0.39, 0.29) is 6.54 Å². The van der Waals surface area contributed by atoms with Crippen LogP contribution in [0.15, 0.2) is 95.6 Å². The average Bonchev–Trinajstić information content (AvgIpc) is 3.46. The van der Waals surface area contributed by atoms with Crippen molar-refractivity contribution in [1.29, 1.82) is 0 Å². The number of amides is 2. The van der Waals surface area contributed by atoms with Gasteiger partial charge in [-0.1, -0.05) is 54.6 Å². The molecule has 12 rings (SSSR count). The number of carbonyl (C=O) groups is 2. The monoisotopic (exact) mass is 865 g/mol. The Morgan fingerprint density at radius 2 is 0.758 bits per heavy atom. The van der Waals surface area contributed by atoms with Crippen molar-refractivity contribution < 1.29 is 35.4 Å². The number of fused-ring (bicyclic) bond motifs is 14. The molecule has 316 valence electrons. The van der Waals surface area contributed by atoms with Crippen LogP contribution in [0.1, 0.15) is 101 Å². The molecule has 2 atom stereocenters. The van der Waals surface area contributed by atoms with Crippen LogP contribution in [0.4, 0.5) is 0 Å². The lowest BCUT2D eigenvalue weighted by atomic mass is 9.84. The molecule has 62 heavy (non-hydrogen) atoms. The molecule has 0 unspecified atom stereocenters. The summed E-state index contributed by atoms with van der Waals surface area (Å²) in [5.41, 5.74) is 14.2. The molecule has 0 spiro atoms. The Hall–Kier alpha value is -5.04. The quantitative estimate of drug-likeness (QED) is 0.152. The molecule has 1 saturated heterocycles. The lowest BCUT2D eigenvalue weighted by molar-refractivity contribution is -0.141. The Bertz CT molecular complexity index is 2700. The van der Waals surface area contributed by atoms with Gasteiger partial charge >= 0.3 is 16.5 Å². The van der Waals surface area contributed by atoms with E-state index < -0.39 is 40.5 Å². The van der Waals surface area contributed by atoms with E-state index in [2.05, 4.69) is 24.3 Å². The van der Waals surface area contributed by atoms with Crippen LogP contribution in [0.5, 0.6) is 0 Å². The maximum absolute atomic E-state index is 14.7. The first kappa shape index (κ1) is 38.6. The minimum Gasteiger partial charge on any atom is -0.399 e. The number of hydrogen-bond acceptors (Lipinski definition) is 8. The molecule has 2 aromatic heterocycles. The van der Waals surface area contributed by atoms with E-state index in [1.807, 2.05) is 54.6 Å². The van der Waals surface area contributed by atoms with Crippen molar-refractivity contribution in [3.63, 3.8) is 0 Å². The van der Waals surface area contributed by atoms with Crippen LogP contribution in [-0.4, -0.2) is 28.9 Å². The Morgan fingerprint density at radius 3 is 1.10 bits per heavy atom. The second-order valence-corrected chi connectivity index (χ2v) is 19.8. The lowest BCUT2D eigenvalue weighted by Gasteiger charge is -2.20. The first-order chi connectivity index (χ1) is 30.6. The fraction of sp³-hybridized carbons (Fsp3) is 0.373. The fourth-order valence-corrected chi connectivity index (χ4v) is 13.3. The van der Waals surface area contributed by atoms with Crippen LogP contribution in [0.3, 0.4) is 0 Å². The number of rotatable bonds is 6. The highest BCUT2D eigenvalue weighted by molar-refractivity contribution is 7.32. The van der Waals surface area contributed by atoms with Gasteiger partial charge in [0.1, 0.15) is 22.3 Å². The number of imide groups is 1. The SMILES string of the molecule is O=C1[C@H](Op2oc3ccc4c(c3c3c5c(ccc3o2)CCCC5)CCCC4)[C@@H](Op2oc3ccc4c(c3c3c5c(ccc3o2)CCCC5)CCCC4)C(=O)N1Cc1ccccc1. The standard InChI is InChI=1S/C51H49NO8P2/c53-50-48(59-61-55-40-26-22-32-14-4-8-18-36(32)44(40)45-37-19-9-5-15-33(37)23-27-41(45)56-61)49(51(54)52(50)30-31-12-2-1-3-13-31)60-62-57-42-28-24-34-16-6-10-20-38(34)46(42)47-39-21-11-7-17-35(39)25-29-43(47)58-62/h1-3,12-13,22-29,48-49H,4-11,14-21,30H2/t48-,49-/m1/s1. The van der Waals surface area contributed by atoms with Gasteiger partial charge in [0.15, 0.2) is 12.2 Å². The van der Waals surface area contributed by atoms with Crippen LogP contribution >= 0.6 is 16.5 Å². The minimum atomic E-state index is -2.24. The number of benzene rings is 5. The molecule has 4 aliphatic carbocycles. The summed E-state index contributed by atoms with van der Waals surface area (Å²) in [5.74, 6) is -1.04. The summed E-state index contributed by atoms with van der Waals surface area (Å²) in [6.07, 6.45) is 14.3. The molecule has 0 saturated carbocycles. The lowest BCUT2D eigenvalue weighted by Crippen LogP contribution is -2.37. The number of hydrogen-bond donors (Lipinski definition) is 0. The van der Waals surface area contributed by atoms with E-state index >= 15 is 0 Å². The van der Waals surface area contributed by atoms with Gasteiger partial charge in [0, 0.05) is 21.5 Å². The molecule has 5 aromatic carbocycles. The molecule has 0 radical (unpaired) electrons. The van der Waals surface area contributed by atoms with Gasteiger partial charge in [-0.3, -0.25) is 23.5 Å². The molecule has 0 bridgehead atoms. The first-order valence-corrected chi connectivity index (χ1v) is 24.9. The zero-order valence-electron chi connectivity index (χ0n) is 34.8. The summed E-state index contributed by atoms with van der Waals surface area (Å²) in [7, 11) is -4.48. The van der Waals surface area contributed by atoms with Crippen molar-refractivity contribution in [1.82, 2.24) is 4.90 Å². The maximum Gasteiger partial charge on any atom is 0.388 e. The summed E-state index contributed by atoms with van der Waals surface area (Å²) in [4.78, 5) is 30.7. The highest BCUT2D eigenvalue weighted by atomic mass is 31.1. The largest absolute Gasteiger partial charge is 0.399 e. The van der Waals surface area contributed by atoms with E-state index in [0.29, 0.717) is 22.3 Å². The molecule has 0 N–H and O–H groups in total. The van der Waals surface area contributed by atoms with Crippen LogP contribution < -0.4 is 9.05 Å². The first-order valence-electron chi connectivity index (χ1n) is 22.7. The maximum atomic E-state index is 14.7. The van der Waals surface area contributed by atoms with Gasteiger partial charge in [-0.25, -0.2) is 0 Å². The van der Waals surface area contributed by atoms with Crippen molar-refractivity contribution in [3.8, 4) is 0 Å². The summed E-state index contributed by atoms with van der Waals surface area (Å²) in [5, 5.41) is 4.34. The minimum absolute atomic E-state index is 0.0609. The smallest absolute Gasteiger partial charge is 0.388 e. The Balaban J connectivity index is 1.02. The van der Waals surface area contributed by atoms with E-state index in [1.165, 1.54) is 49.4 Å². The second kappa shape index (κ2) is 15.9. The Kier molecular flexibility index (Phi) is 9.93. The third-order valence-corrected chi connectivity index (χ3v) is 16.2. The predicted octanol–water partition coefficient (Wildman–Crippen LogP) is 12.3. The molecule has 5 aliphatic rings. The van der Waals surface area contributed by atoms with Crippen LogP contribution in [0.25, 0.3) is 43.9 Å². The van der Waals surface area contributed by atoms with Gasteiger partial charge in [0.25, 0.3) is 11.8 Å². The summed E-state index contributed by atoms with van der Waals surface area (Å²) < 4.78 is 40.6. The van der Waals surface area contributed by atoms with E-state index in [4.69, 9.17) is 25.8 Å². The van der Waals surface area contributed by atoms with Gasteiger partial charge in [-0.15, -0.1) is 0 Å². The van der Waals surface area contributed by atoms with E-state index in [1.54, 1.807) is 0 Å². The molecule has 9 nitrogen and oxygen atoms in total. The van der Waals surface area contributed by atoms with Gasteiger partial charge < -0.3 is 16.8 Å². The second-order valence-electron chi connectivity index (χ2n) is 17.7. The number of aryl methyl sites for hydroxylation is 8. The molecule has 1 aliphatic heterocycles. The highest BCUT2D eigenvalue weighted by Crippen LogP contribution is 2.45. The normalized spacial score (nSPS) is 19.8. The van der Waals surface area contributed by atoms with Gasteiger partial charge in [0.2, 0.25) is 0 Å². The number of likely N-dealkylation sites (tertiary alicyclic amines) is 1. The van der Waals surface area contributed by atoms with Gasteiger partial charge in [-0.05, 0) is 177 Å². The van der Waals surface area contributed by atoms with Crippen molar-refractivity contribution in [2.45, 2.75) is 121 Å². The molecule has 7 aromatic rings. The van der Waals surface area contributed by atoms with Crippen molar-refractivity contribution in [3.05, 3.63) is 129 Å². The zero-order valence-corrected chi connectivity index (χ0v) is 36.6.